The number of anilines is 2. The Bertz CT molecular complexity index is 1440. The Labute approximate surface area is 214 Å². The third-order valence-corrected chi connectivity index (χ3v) is 8.41. The van der Waals surface area contributed by atoms with Gasteiger partial charge in [0.2, 0.25) is 15.9 Å². The van der Waals surface area contributed by atoms with E-state index in [1.807, 2.05) is 6.07 Å². The highest BCUT2D eigenvalue weighted by Gasteiger charge is 2.41. The van der Waals surface area contributed by atoms with Crippen LogP contribution in [-0.2, 0) is 26.0 Å². The first-order valence-corrected chi connectivity index (χ1v) is 13.6. The van der Waals surface area contributed by atoms with E-state index >= 15 is 0 Å². The van der Waals surface area contributed by atoms with Crippen LogP contribution in [-0.4, -0.2) is 72.0 Å². The number of benzene rings is 1. The molecule has 37 heavy (non-hydrogen) atoms. The zero-order chi connectivity index (χ0) is 26.2. The van der Waals surface area contributed by atoms with Crippen molar-refractivity contribution in [3.8, 4) is 0 Å². The predicted molar refractivity (Wildman–Crippen MR) is 137 cm³/mol. The van der Waals surface area contributed by atoms with Gasteiger partial charge < -0.3 is 20.6 Å². The number of carbonyl (C=O) groups is 2. The molecule has 1 aromatic carbocycles. The number of aromatic nitrogens is 2. The summed E-state index contributed by atoms with van der Waals surface area (Å²) in [6.07, 6.45) is 5.25. The molecule has 2 atom stereocenters. The number of amides is 1. The fourth-order valence-corrected chi connectivity index (χ4v) is 6.14. The minimum atomic E-state index is -4.02. The number of nitrogens with two attached hydrogens (primary N) is 1. The van der Waals surface area contributed by atoms with Gasteiger partial charge in [0, 0.05) is 43.8 Å². The van der Waals surface area contributed by atoms with Crippen molar-refractivity contribution >= 4 is 44.3 Å². The highest BCUT2D eigenvalue weighted by atomic mass is 32.2. The van der Waals surface area contributed by atoms with Gasteiger partial charge in [0.1, 0.15) is 28.6 Å². The van der Waals surface area contributed by atoms with Crippen molar-refractivity contribution < 1.29 is 23.1 Å². The molecule has 194 valence electrons. The lowest BCUT2D eigenvalue weighted by Gasteiger charge is -2.25. The predicted octanol–water partition coefficient (Wildman–Crippen LogP) is 1.39. The number of carbonyl (C=O) groups excluding carboxylic acids is 1. The number of carboxylic acids is 1. The van der Waals surface area contributed by atoms with Gasteiger partial charge in [0.15, 0.2) is 0 Å². The maximum atomic E-state index is 13.1. The molecule has 12 heteroatoms. The van der Waals surface area contributed by atoms with Crippen LogP contribution in [0.15, 0.2) is 53.7 Å². The van der Waals surface area contributed by atoms with E-state index in [2.05, 4.69) is 19.6 Å². The standard InChI is InChI=1S/C25H28N6O5S/c26-23-19-5-3-16(13-17(19)7-9-27-23)14-21(25(33)34)31-12-8-20(24(31)32)29-37(35,36)18-4-6-22(28-15-18)30-10-1-2-11-30/h3-7,9,13,15,20-21,29H,1-2,8,10-12,14H2,(H2,26,27)(H,33,34). The maximum absolute atomic E-state index is 13.1. The summed E-state index contributed by atoms with van der Waals surface area (Å²) in [5.74, 6) is -0.624. The van der Waals surface area contributed by atoms with E-state index in [-0.39, 0.29) is 24.3 Å². The van der Waals surface area contributed by atoms with Crippen molar-refractivity contribution in [2.75, 3.05) is 30.3 Å². The summed E-state index contributed by atoms with van der Waals surface area (Å²) in [4.78, 5) is 36.9. The number of hydrogen-bond donors (Lipinski definition) is 3. The summed E-state index contributed by atoms with van der Waals surface area (Å²) in [7, 11) is -4.02. The first-order chi connectivity index (χ1) is 17.7. The Morgan fingerprint density at radius 2 is 1.92 bits per heavy atom. The van der Waals surface area contributed by atoms with E-state index in [0.717, 1.165) is 42.5 Å². The van der Waals surface area contributed by atoms with Crippen LogP contribution in [0.1, 0.15) is 24.8 Å². The summed E-state index contributed by atoms with van der Waals surface area (Å²) in [5.41, 5.74) is 6.61. The number of hydrogen-bond acceptors (Lipinski definition) is 8. The molecule has 0 spiro atoms. The normalized spacial score (nSPS) is 19.0. The number of rotatable bonds is 8. The third kappa shape index (κ3) is 5.07. The molecule has 0 aliphatic carbocycles. The second-order valence-corrected chi connectivity index (χ2v) is 11.1. The molecule has 2 fully saturated rings. The van der Waals surface area contributed by atoms with Crippen molar-refractivity contribution in [3.63, 3.8) is 0 Å². The molecule has 4 heterocycles. The van der Waals surface area contributed by atoms with Crippen molar-refractivity contribution in [1.82, 2.24) is 19.6 Å². The van der Waals surface area contributed by atoms with Gasteiger partial charge in [-0.25, -0.2) is 23.2 Å². The number of sulfonamides is 1. The average Bonchev–Trinajstić information content (AvgIpc) is 3.53. The number of nitrogen functional groups attached to an aromatic ring is 1. The van der Waals surface area contributed by atoms with Crippen LogP contribution in [0.3, 0.4) is 0 Å². The number of aliphatic carboxylic acids is 1. The maximum Gasteiger partial charge on any atom is 0.326 e. The molecule has 3 aromatic rings. The lowest BCUT2D eigenvalue weighted by atomic mass is 10.0. The first-order valence-electron chi connectivity index (χ1n) is 12.1. The molecule has 0 radical (unpaired) electrons. The minimum Gasteiger partial charge on any atom is -0.480 e. The molecule has 1 amide bonds. The Kier molecular flexibility index (Phi) is 6.69. The molecule has 5 rings (SSSR count). The SMILES string of the molecule is Nc1nccc2cc(CC(C(=O)O)N3CCC(NS(=O)(=O)c4ccc(N5CCCC5)nc4)C3=O)ccc12. The molecule has 0 bridgehead atoms. The van der Waals surface area contributed by atoms with Gasteiger partial charge in [-0.15, -0.1) is 0 Å². The number of fused-ring (bicyclic) bond motifs is 1. The van der Waals surface area contributed by atoms with Gasteiger partial charge in [-0.2, -0.15) is 4.72 Å². The fourth-order valence-electron chi connectivity index (χ4n) is 4.97. The second-order valence-electron chi connectivity index (χ2n) is 9.35. The van der Waals surface area contributed by atoms with Crippen LogP contribution < -0.4 is 15.4 Å². The van der Waals surface area contributed by atoms with Gasteiger partial charge in [-0.1, -0.05) is 18.2 Å². The Hall–Kier alpha value is -3.77. The van der Waals surface area contributed by atoms with Crippen molar-refractivity contribution in [3.05, 3.63) is 54.4 Å². The van der Waals surface area contributed by atoms with Crippen LogP contribution in [0, 0.1) is 0 Å². The van der Waals surface area contributed by atoms with E-state index in [1.54, 1.807) is 30.5 Å². The summed E-state index contributed by atoms with van der Waals surface area (Å²) < 4.78 is 28.3. The van der Waals surface area contributed by atoms with E-state index in [0.29, 0.717) is 11.4 Å². The Morgan fingerprint density at radius 1 is 1.14 bits per heavy atom. The van der Waals surface area contributed by atoms with Crippen LogP contribution in [0.4, 0.5) is 11.6 Å². The van der Waals surface area contributed by atoms with Gasteiger partial charge in [0.25, 0.3) is 0 Å². The molecule has 11 nitrogen and oxygen atoms in total. The lowest BCUT2D eigenvalue weighted by Crippen LogP contribution is -2.48. The second kappa shape index (κ2) is 9.94. The quantitative estimate of drug-likeness (QED) is 0.396. The number of likely N-dealkylation sites (tertiary alicyclic amines) is 1. The Morgan fingerprint density at radius 3 is 2.62 bits per heavy atom. The lowest BCUT2D eigenvalue weighted by molar-refractivity contribution is -0.148. The summed E-state index contributed by atoms with van der Waals surface area (Å²) in [6.45, 7) is 1.90. The van der Waals surface area contributed by atoms with Gasteiger partial charge in [-0.05, 0) is 48.4 Å². The first kappa shape index (κ1) is 24.9. The smallest absolute Gasteiger partial charge is 0.326 e. The molecular weight excluding hydrogens is 496 g/mol. The summed E-state index contributed by atoms with van der Waals surface area (Å²) >= 11 is 0. The van der Waals surface area contributed by atoms with Crippen molar-refractivity contribution in [2.45, 2.75) is 42.7 Å². The largest absolute Gasteiger partial charge is 0.480 e. The van der Waals surface area contributed by atoms with Crippen molar-refractivity contribution in [1.29, 1.82) is 0 Å². The molecule has 2 aliphatic heterocycles. The highest BCUT2D eigenvalue weighted by Crippen LogP contribution is 2.24. The van der Waals surface area contributed by atoms with Crippen molar-refractivity contribution in [2.24, 2.45) is 0 Å². The number of nitrogens with one attached hydrogen (secondary N) is 1. The zero-order valence-corrected chi connectivity index (χ0v) is 20.9. The fraction of sp³-hybridized carbons (Fsp3) is 0.360. The van der Waals surface area contributed by atoms with E-state index in [1.165, 1.54) is 17.2 Å². The molecule has 4 N–H and O–H groups in total. The average molecular weight is 525 g/mol. The highest BCUT2D eigenvalue weighted by molar-refractivity contribution is 7.89. The molecule has 2 saturated heterocycles. The topological polar surface area (TPSA) is 159 Å². The van der Waals surface area contributed by atoms with Crippen LogP contribution in [0.2, 0.25) is 0 Å². The number of nitrogens with zero attached hydrogens (tertiary/aromatic N) is 4. The Balaban J connectivity index is 1.28. The number of pyridine rings is 2. The van der Waals surface area contributed by atoms with Gasteiger partial charge >= 0.3 is 5.97 Å². The molecule has 2 aliphatic rings. The van der Waals surface area contributed by atoms with E-state index < -0.39 is 34.0 Å². The van der Waals surface area contributed by atoms with E-state index in [4.69, 9.17) is 5.73 Å². The van der Waals surface area contributed by atoms with Crippen LogP contribution in [0.25, 0.3) is 10.8 Å². The van der Waals surface area contributed by atoms with Gasteiger partial charge in [0.05, 0.1) is 0 Å². The molecule has 2 unspecified atom stereocenters. The minimum absolute atomic E-state index is 0.0404. The molecular formula is C25H28N6O5S. The monoisotopic (exact) mass is 524 g/mol. The van der Waals surface area contributed by atoms with Crippen LogP contribution in [0.5, 0.6) is 0 Å². The van der Waals surface area contributed by atoms with E-state index in [9.17, 15) is 23.1 Å². The zero-order valence-electron chi connectivity index (χ0n) is 20.1. The van der Waals surface area contributed by atoms with Crippen LogP contribution >= 0.6 is 0 Å². The molecule has 0 saturated carbocycles. The third-order valence-electron chi connectivity index (χ3n) is 6.95. The summed E-state index contributed by atoms with van der Waals surface area (Å²) in [5, 5.41) is 11.5. The van der Waals surface area contributed by atoms with Gasteiger partial charge in [-0.3, -0.25) is 4.79 Å². The number of carboxylic acid groups (broad SMARTS) is 1. The molecule has 2 aromatic heterocycles. The summed E-state index contributed by atoms with van der Waals surface area (Å²) in [6, 6.07) is 8.09.